The molecule has 1 amide bonds. The molecule has 1 aromatic heterocycles. The highest BCUT2D eigenvalue weighted by molar-refractivity contribution is 7.09. The SMILES string of the molecule is CC(=O)NCc1nc(C(=O)O)cs1. The van der Waals surface area contributed by atoms with E-state index in [1.807, 2.05) is 0 Å². The van der Waals surface area contributed by atoms with E-state index in [1.165, 1.54) is 23.6 Å². The van der Waals surface area contributed by atoms with Crippen molar-refractivity contribution in [2.75, 3.05) is 0 Å². The number of nitrogens with one attached hydrogen (secondary N) is 1. The van der Waals surface area contributed by atoms with Gasteiger partial charge in [-0.1, -0.05) is 0 Å². The third-order valence-corrected chi connectivity index (χ3v) is 2.11. The van der Waals surface area contributed by atoms with Gasteiger partial charge in [0.1, 0.15) is 5.01 Å². The summed E-state index contributed by atoms with van der Waals surface area (Å²) in [6, 6.07) is 0. The molecule has 0 aliphatic carbocycles. The number of carboxylic acids is 1. The highest BCUT2D eigenvalue weighted by Crippen LogP contribution is 2.08. The van der Waals surface area contributed by atoms with Gasteiger partial charge in [0.15, 0.2) is 5.69 Å². The Morgan fingerprint density at radius 3 is 2.85 bits per heavy atom. The largest absolute Gasteiger partial charge is 0.476 e. The first-order valence-corrected chi connectivity index (χ1v) is 4.39. The van der Waals surface area contributed by atoms with Crippen LogP contribution in [0, 0.1) is 0 Å². The number of rotatable bonds is 3. The molecule has 0 spiro atoms. The smallest absolute Gasteiger partial charge is 0.355 e. The number of aromatic carboxylic acids is 1. The average Bonchev–Trinajstić information content (AvgIpc) is 2.48. The third kappa shape index (κ3) is 2.83. The van der Waals surface area contributed by atoms with Crippen LogP contribution in [-0.4, -0.2) is 22.0 Å². The molecule has 0 saturated carbocycles. The zero-order valence-corrected chi connectivity index (χ0v) is 7.72. The first kappa shape index (κ1) is 9.66. The van der Waals surface area contributed by atoms with Crippen LogP contribution in [0.2, 0.25) is 0 Å². The van der Waals surface area contributed by atoms with Crippen LogP contribution in [0.3, 0.4) is 0 Å². The lowest BCUT2D eigenvalue weighted by Gasteiger charge is -1.95. The quantitative estimate of drug-likeness (QED) is 0.743. The van der Waals surface area contributed by atoms with Gasteiger partial charge in [0.2, 0.25) is 5.91 Å². The van der Waals surface area contributed by atoms with E-state index in [0.717, 1.165) is 0 Å². The van der Waals surface area contributed by atoms with E-state index >= 15 is 0 Å². The van der Waals surface area contributed by atoms with Crippen LogP contribution in [0.15, 0.2) is 5.38 Å². The second kappa shape index (κ2) is 3.99. The minimum absolute atomic E-state index is 0.0188. The Hall–Kier alpha value is -1.43. The summed E-state index contributed by atoms with van der Waals surface area (Å²) in [6.45, 7) is 1.68. The molecule has 0 aliphatic rings. The number of nitrogens with zero attached hydrogens (tertiary/aromatic N) is 1. The number of carboxylic acid groups (broad SMARTS) is 1. The van der Waals surface area contributed by atoms with Gasteiger partial charge in [0.05, 0.1) is 6.54 Å². The topological polar surface area (TPSA) is 79.3 Å². The Labute approximate surface area is 78.4 Å². The number of hydrogen-bond donors (Lipinski definition) is 2. The minimum Gasteiger partial charge on any atom is -0.476 e. The van der Waals surface area contributed by atoms with E-state index in [4.69, 9.17) is 5.11 Å². The summed E-state index contributed by atoms with van der Waals surface area (Å²) >= 11 is 1.21. The zero-order valence-electron chi connectivity index (χ0n) is 6.90. The lowest BCUT2D eigenvalue weighted by atomic mass is 10.5. The average molecular weight is 200 g/mol. The molecule has 0 atom stereocenters. The molecule has 2 N–H and O–H groups in total. The van der Waals surface area contributed by atoms with Crippen molar-refractivity contribution >= 4 is 23.2 Å². The molecule has 1 heterocycles. The molecule has 13 heavy (non-hydrogen) atoms. The Bertz CT molecular complexity index is 334. The standard InChI is InChI=1S/C7H8N2O3S/c1-4(10)8-2-6-9-5(3-13-6)7(11)12/h3H,2H2,1H3,(H,8,10)(H,11,12). The number of hydrogen-bond acceptors (Lipinski definition) is 4. The maximum Gasteiger partial charge on any atom is 0.355 e. The number of thiazole rings is 1. The summed E-state index contributed by atoms with van der Waals surface area (Å²) in [5.41, 5.74) is 0.0188. The molecular formula is C7H8N2O3S. The molecule has 0 aliphatic heterocycles. The van der Waals surface area contributed by atoms with Gasteiger partial charge < -0.3 is 10.4 Å². The fourth-order valence-electron chi connectivity index (χ4n) is 0.690. The second-order valence-electron chi connectivity index (χ2n) is 2.34. The van der Waals surface area contributed by atoms with Crippen LogP contribution in [0.25, 0.3) is 0 Å². The van der Waals surface area contributed by atoms with Gasteiger partial charge in [-0.05, 0) is 0 Å². The molecule has 0 bridgehead atoms. The molecule has 0 saturated heterocycles. The van der Waals surface area contributed by atoms with E-state index in [0.29, 0.717) is 5.01 Å². The first-order chi connectivity index (χ1) is 6.09. The summed E-state index contributed by atoms with van der Waals surface area (Å²) in [4.78, 5) is 24.7. The van der Waals surface area contributed by atoms with E-state index in [2.05, 4.69) is 10.3 Å². The summed E-state index contributed by atoms with van der Waals surface area (Å²) in [6.07, 6.45) is 0. The highest BCUT2D eigenvalue weighted by atomic mass is 32.1. The van der Waals surface area contributed by atoms with Crippen molar-refractivity contribution in [3.05, 3.63) is 16.1 Å². The molecular weight excluding hydrogens is 192 g/mol. The zero-order chi connectivity index (χ0) is 9.84. The van der Waals surface area contributed by atoms with Crippen molar-refractivity contribution in [1.29, 1.82) is 0 Å². The van der Waals surface area contributed by atoms with Gasteiger partial charge in [0, 0.05) is 12.3 Å². The van der Waals surface area contributed by atoms with Crippen molar-refractivity contribution in [3.8, 4) is 0 Å². The fourth-order valence-corrected chi connectivity index (χ4v) is 1.40. The van der Waals surface area contributed by atoms with Gasteiger partial charge in [-0.2, -0.15) is 0 Å². The van der Waals surface area contributed by atoms with Gasteiger partial charge in [-0.15, -0.1) is 11.3 Å². The van der Waals surface area contributed by atoms with Crippen LogP contribution < -0.4 is 5.32 Å². The van der Waals surface area contributed by atoms with Crippen LogP contribution in [-0.2, 0) is 11.3 Å². The Balaban J connectivity index is 2.59. The van der Waals surface area contributed by atoms with Crippen molar-refractivity contribution in [2.45, 2.75) is 13.5 Å². The Morgan fingerprint density at radius 2 is 2.38 bits per heavy atom. The van der Waals surface area contributed by atoms with Gasteiger partial charge in [-0.25, -0.2) is 9.78 Å². The van der Waals surface area contributed by atoms with Crippen molar-refractivity contribution in [2.24, 2.45) is 0 Å². The summed E-state index contributed by atoms with van der Waals surface area (Å²) in [7, 11) is 0. The lowest BCUT2D eigenvalue weighted by Crippen LogP contribution is -2.18. The maximum atomic E-state index is 10.5. The highest BCUT2D eigenvalue weighted by Gasteiger charge is 2.07. The molecule has 0 radical (unpaired) electrons. The summed E-state index contributed by atoms with van der Waals surface area (Å²) in [5, 5.41) is 13.1. The molecule has 6 heteroatoms. The predicted octanol–water partition coefficient (Wildman–Crippen LogP) is 0.477. The second-order valence-corrected chi connectivity index (χ2v) is 3.28. The van der Waals surface area contributed by atoms with Gasteiger partial charge in [-0.3, -0.25) is 4.79 Å². The van der Waals surface area contributed by atoms with Crippen molar-refractivity contribution < 1.29 is 14.7 Å². The maximum absolute atomic E-state index is 10.5. The van der Waals surface area contributed by atoms with E-state index in [-0.39, 0.29) is 18.1 Å². The molecule has 1 rings (SSSR count). The third-order valence-electron chi connectivity index (χ3n) is 1.26. The van der Waals surface area contributed by atoms with Crippen LogP contribution >= 0.6 is 11.3 Å². The van der Waals surface area contributed by atoms with Crippen LogP contribution in [0.1, 0.15) is 22.4 Å². The number of aromatic nitrogens is 1. The van der Waals surface area contributed by atoms with E-state index < -0.39 is 5.97 Å². The van der Waals surface area contributed by atoms with E-state index in [9.17, 15) is 9.59 Å². The van der Waals surface area contributed by atoms with E-state index in [1.54, 1.807) is 0 Å². The number of carbonyl (C=O) groups excluding carboxylic acids is 1. The first-order valence-electron chi connectivity index (χ1n) is 3.51. The summed E-state index contributed by atoms with van der Waals surface area (Å²) < 4.78 is 0. The molecule has 5 nitrogen and oxygen atoms in total. The normalized spacial score (nSPS) is 9.62. The Morgan fingerprint density at radius 1 is 1.69 bits per heavy atom. The van der Waals surface area contributed by atoms with Crippen LogP contribution in [0.5, 0.6) is 0 Å². The fraction of sp³-hybridized carbons (Fsp3) is 0.286. The molecule has 0 unspecified atom stereocenters. The lowest BCUT2D eigenvalue weighted by molar-refractivity contribution is -0.119. The molecule has 70 valence electrons. The number of amides is 1. The minimum atomic E-state index is -1.05. The van der Waals surface area contributed by atoms with Gasteiger partial charge >= 0.3 is 5.97 Å². The molecule has 0 aromatic carbocycles. The molecule has 1 aromatic rings. The predicted molar refractivity (Wildman–Crippen MR) is 46.6 cm³/mol. The van der Waals surface area contributed by atoms with Crippen LogP contribution in [0.4, 0.5) is 0 Å². The van der Waals surface area contributed by atoms with Gasteiger partial charge in [0.25, 0.3) is 0 Å². The van der Waals surface area contributed by atoms with Crippen molar-refractivity contribution in [3.63, 3.8) is 0 Å². The monoisotopic (exact) mass is 200 g/mol. The molecule has 0 fully saturated rings. The Kier molecular flexibility index (Phi) is 2.97. The number of carbonyl (C=O) groups is 2. The van der Waals surface area contributed by atoms with Crippen molar-refractivity contribution in [1.82, 2.24) is 10.3 Å². The summed E-state index contributed by atoms with van der Waals surface area (Å²) in [5.74, 6) is -1.21.